The van der Waals surface area contributed by atoms with Crippen molar-refractivity contribution in [2.24, 2.45) is 0 Å². The first kappa shape index (κ1) is 22.4. The molecule has 0 fully saturated rings. The predicted molar refractivity (Wildman–Crippen MR) is 108 cm³/mol. The molecule has 0 aliphatic carbocycles. The molecule has 2 aromatic rings. The summed E-state index contributed by atoms with van der Waals surface area (Å²) >= 11 is 1.01. The molecule has 0 saturated carbocycles. The zero-order chi connectivity index (χ0) is 21.4. The fraction of sp³-hybridized carbons (Fsp3) is 0.250. The molecule has 0 heterocycles. The Hall–Kier alpha value is -2.94. The Morgan fingerprint density at radius 3 is 2.48 bits per heavy atom. The zero-order valence-electron chi connectivity index (χ0n) is 16.0. The lowest BCUT2D eigenvalue weighted by atomic mass is 10.2. The van der Waals surface area contributed by atoms with Crippen LogP contribution in [0.4, 0.5) is 19.3 Å². The highest BCUT2D eigenvalue weighted by atomic mass is 32.2. The van der Waals surface area contributed by atoms with Crippen molar-refractivity contribution < 1.29 is 23.2 Å². The summed E-state index contributed by atoms with van der Waals surface area (Å²) in [7, 11) is 3.28. The molecule has 0 radical (unpaired) electrons. The number of amides is 3. The number of hydrogen-bond donors (Lipinski definition) is 2. The van der Waals surface area contributed by atoms with Gasteiger partial charge in [0.2, 0.25) is 5.91 Å². The predicted octanol–water partition coefficient (Wildman–Crippen LogP) is 3.89. The first-order valence-electron chi connectivity index (χ1n) is 8.79. The summed E-state index contributed by atoms with van der Waals surface area (Å²) in [6.07, 6.45) is 0.444. The minimum Gasteiger partial charge on any atom is -0.352 e. The molecule has 2 aromatic carbocycles. The Bertz CT molecular complexity index is 906. The van der Waals surface area contributed by atoms with E-state index in [9.17, 15) is 23.2 Å². The van der Waals surface area contributed by atoms with Gasteiger partial charge in [0.05, 0.1) is 11.3 Å². The van der Waals surface area contributed by atoms with E-state index < -0.39 is 17.5 Å². The van der Waals surface area contributed by atoms with Gasteiger partial charge in [0.1, 0.15) is 11.6 Å². The first-order valence-corrected chi connectivity index (χ1v) is 9.61. The van der Waals surface area contributed by atoms with Gasteiger partial charge in [0.25, 0.3) is 11.1 Å². The zero-order valence-corrected chi connectivity index (χ0v) is 16.8. The fourth-order valence-electron chi connectivity index (χ4n) is 2.28. The normalized spacial score (nSPS) is 10.3. The molecule has 6 nitrogen and oxygen atoms in total. The van der Waals surface area contributed by atoms with Crippen molar-refractivity contribution in [3.63, 3.8) is 0 Å². The van der Waals surface area contributed by atoms with Crippen LogP contribution in [-0.2, 0) is 4.79 Å². The molecule has 9 heteroatoms. The van der Waals surface area contributed by atoms with Crippen LogP contribution >= 0.6 is 11.8 Å². The van der Waals surface area contributed by atoms with Crippen molar-refractivity contribution in [2.75, 3.05) is 26.0 Å². The molecule has 0 saturated heterocycles. The van der Waals surface area contributed by atoms with Crippen LogP contribution in [0, 0.1) is 11.6 Å². The molecule has 0 bridgehead atoms. The third-order valence-corrected chi connectivity index (χ3v) is 4.88. The van der Waals surface area contributed by atoms with Gasteiger partial charge in [-0.1, -0.05) is 12.1 Å². The SMILES string of the molecule is CN(C)C(=O)Sc1ccccc1NC(=O)CCCNC(=O)c1ccc(F)cc1F. The maximum absolute atomic E-state index is 13.6. The van der Waals surface area contributed by atoms with Crippen LogP contribution in [0.25, 0.3) is 0 Å². The largest absolute Gasteiger partial charge is 0.352 e. The minimum absolute atomic E-state index is 0.118. The molecule has 2 N–H and O–H groups in total. The highest BCUT2D eigenvalue weighted by Gasteiger charge is 2.14. The van der Waals surface area contributed by atoms with Crippen LogP contribution in [0.1, 0.15) is 23.2 Å². The lowest BCUT2D eigenvalue weighted by molar-refractivity contribution is -0.116. The molecule has 2 rings (SSSR count). The summed E-state index contributed by atoms with van der Waals surface area (Å²) < 4.78 is 26.4. The molecule has 0 aliphatic rings. The maximum atomic E-state index is 13.6. The molecule has 3 amide bonds. The summed E-state index contributed by atoms with van der Waals surface area (Å²) in [6, 6.07) is 9.65. The Morgan fingerprint density at radius 1 is 1.07 bits per heavy atom. The Morgan fingerprint density at radius 2 is 1.79 bits per heavy atom. The van der Waals surface area contributed by atoms with Crippen LogP contribution < -0.4 is 10.6 Å². The number of carbonyl (C=O) groups excluding carboxylic acids is 3. The smallest absolute Gasteiger partial charge is 0.286 e. The number of nitrogens with zero attached hydrogens (tertiary/aromatic N) is 1. The van der Waals surface area contributed by atoms with E-state index in [0.717, 1.165) is 23.9 Å². The van der Waals surface area contributed by atoms with Crippen molar-refractivity contribution in [3.05, 3.63) is 59.7 Å². The number of halogens is 2. The highest BCUT2D eigenvalue weighted by Crippen LogP contribution is 2.28. The van der Waals surface area contributed by atoms with Crippen LogP contribution in [0.2, 0.25) is 0 Å². The van der Waals surface area contributed by atoms with Gasteiger partial charge in [0, 0.05) is 38.0 Å². The molecule has 0 unspecified atom stereocenters. The summed E-state index contributed by atoms with van der Waals surface area (Å²) in [5.74, 6) is -2.66. The van der Waals surface area contributed by atoms with E-state index in [1.54, 1.807) is 38.4 Å². The minimum atomic E-state index is -0.943. The number of para-hydroxylation sites is 1. The van der Waals surface area contributed by atoms with Gasteiger partial charge >= 0.3 is 0 Å². The van der Waals surface area contributed by atoms with E-state index in [-0.39, 0.29) is 29.7 Å². The quantitative estimate of drug-likeness (QED) is 0.525. The van der Waals surface area contributed by atoms with Gasteiger partial charge in [-0.3, -0.25) is 14.4 Å². The topological polar surface area (TPSA) is 78.5 Å². The summed E-state index contributed by atoms with van der Waals surface area (Å²) in [5, 5.41) is 5.07. The van der Waals surface area contributed by atoms with Gasteiger partial charge in [-0.25, -0.2) is 8.78 Å². The first-order chi connectivity index (χ1) is 13.8. The van der Waals surface area contributed by atoms with Crippen molar-refractivity contribution in [2.45, 2.75) is 17.7 Å². The summed E-state index contributed by atoms with van der Waals surface area (Å²) in [4.78, 5) is 38.0. The number of rotatable bonds is 7. The molecule has 0 atom stereocenters. The molecule has 0 aliphatic heterocycles. The maximum Gasteiger partial charge on any atom is 0.286 e. The molecule has 0 aromatic heterocycles. The van der Waals surface area contributed by atoms with Gasteiger partial charge in [-0.05, 0) is 42.4 Å². The van der Waals surface area contributed by atoms with Gasteiger partial charge < -0.3 is 15.5 Å². The van der Waals surface area contributed by atoms with Crippen molar-refractivity contribution in [1.82, 2.24) is 10.2 Å². The number of hydrogen-bond acceptors (Lipinski definition) is 4. The molecule has 0 spiro atoms. The van der Waals surface area contributed by atoms with E-state index in [2.05, 4.69) is 10.6 Å². The Labute approximate surface area is 171 Å². The fourth-order valence-corrected chi connectivity index (χ4v) is 3.02. The van der Waals surface area contributed by atoms with Crippen LogP contribution in [0.3, 0.4) is 0 Å². The highest BCUT2D eigenvalue weighted by molar-refractivity contribution is 8.13. The second kappa shape index (κ2) is 10.6. The van der Waals surface area contributed by atoms with Gasteiger partial charge in [-0.15, -0.1) is 0 Å². The third kappa shape index (κ3) is 6.86. The summed E-state index contributed by atoms with van der Waals surface area (Å²) in [5.41, 5.74) is 0.266. The van der Waals surface area contributed by atoms with Crippen molar-refractivity contribution in [1.29, 1.82) is 0 Å². The average Bonchev–Trinajstić information content (AvgIpc) is 2.66. The average molecular weight is 421 g/mol. The second-order valence-electron chi connectivity index (χ2n) is 6.29. The van der Waals surface area contributed by atoms with Gasteiger partial charge in [-0.2, -0.15) is 0 Å². The number of thioether (sulfide) groups is 1. The van der Waals surface area contributed by atoms with Crippen molar-refractivity contribution >= 4 is 34.5 Å². The molecular weight excluding hydrogens is 400 g/mol. The standard InChI is InChI=1S/C20H21F2N3O3S/c1-25(2)20(28)29-17-7-4-3-6-16(17)24-18(26)8-5-11-23-19(27)14-10-9-13(21)12-15(14)22/h3-4,6-7,9-10,12H,5,8,11H2,1-2H3,(H,23,27)(H,24,26). The summed E-state index contributed by atoms with van der Waals surface area (Å²) in [6.45, 7) is 0.151. The van der Waals surface area contributed by atoms with E-state index in [1.165, 1.54) is 4.90 Å². The number of anilines is 1. The Balaban J connectivity index is 1.82. The number of benzene rings is 2. The third-order valence-electron chi connectivity index (χ3n) is 3.77. The molecule has 29 heavy (non-hydrogen) atoms. The van der Waals surface area contributed by atoms with E-state index >= 15 is 0 Å². The van der Waals surface area contributed by atoms with Crippen LogP contribution in [0.15, 0.2) is 47.4 Å². The van der Waals surface area contributed by atoms with E-state index in [0.29, 0.717) is 23.1 Å². The second-order valence-corrected chi connectivity index (χ2v) is 7.28. The molecular formula is C20H21F2N3O3S. The van der Waals surface area contributed by atoms with Crippen LogP contribution in [0.5, 0.6) is 0 Å². The number of carbonyl (C=O) groups is 3. The van der Waals surface area contributed by atoms with E-state index in [1.807, 2.05) is 0 Å². The monoisotopic (exact) mass is 421 g/mol. The molecule has 154 valence electrons. The lowest BCUT2D eigenvalue weighted by Gasteiger charge is -2.13. The van der Waals surface area contributed by atoms with E-state index in [4.69, 9.17) is 0 Å². The van der Waals surface area contributed by atoms with Gasteiger partial charge in [0.15, 0.2) is 0 Å². The lowest BCUT2D eigenvalue weighted by Crippen LogP contribution is -2.26. The number of nitrogens with one attached hydrogen (secondary N) is 2. The Kier molecular flexibility index (Phi) is 8.14. The van der Waals surface area contributed by atoms with Crippen LogP contribution in [-0.4, -0.2) is 42.6 Å². The van der Waals surface area contributed by atoms with Crippen molar-refractivity contribution in [3.8, 4) is 0 Å².